The molecule has 0 saturated heterocycles. The van der Waals surface area contributed by atoms with Gasteiger partial charge in [0.25, 0.3) is 0 Å². The Labute approximate surface area is 139 Å². The average molecular weight is 323 g/mol. The lowest BCUT2D eigenvalue weighted by atomic mass is 10.1. The fraction of sp³-hybridized carbons (Fsp3) is 0.312. The zero-order valence-electron chi connectivity index (χ0n) is 13.3. The molecule has 0 amide bonds. The Morgan fingerprint density at radius 2 is 1.71 bits per heavy atom. The second kappa shape index (κ2) is 7.02. The molecular formula is C16H17N7O. The van der Waals surface area contributed by atoms with Crippen molar-refractivity contribution < 1.29 is 4.74 Å². The maximum atomic E-state index is 9.21. The Bertz CT molecular complexity index is 769. The molecule has 2 heterocycles. The lowest BCUT2D eigenvalue weighted by Gasteiger charge is -2.29. The monoisotopic (exact) mass is 323 g/mol. The van der Waals surface area contributed by atoms with Crippen molar-refractivity contribution in [3.8, 4) is 6.07 Å². The molecule has 0 spiro atoms. The van der Waals surface area contributed by atoms with E-state index in [0.717, 1.165) is 5.56 Å². The predicted octanol–water partition coefficient (Wildman–Crippen LogP) is 1.42. The van der Waals surface area contributed by atoms with Gasteiger partial charge in [-0.1, -0.05) is 18.2 Å². The zero-order valence-corrected chi connectivity index (χ0v) is 13.3. The molecule has 3 aromatic rings. The van der Waals surface area contributed by atoms with Crippen molar-refractivity contribution in [3.63, 3.8) is 0 Å². The highest BCUT2D eigenvalue weighted by Crippen LogP contribution is 2.20. The van der Waals surface area contributed by atoms with Crippen LogP contribution in [0.2, 0.25) is 0 Å². The van der Waals surface area contributed by atoms with Gasteiger partial charge in [-0.15, -0.1) is 0 Å². The van der Waals surface area contributed by atoms with Crippen LogP contribution in [-0.2, 0) is 24.4 Å². The summed E-state index contributed by atoms with van der Waals surface area (Å²) in [7, 11) is 0. The molecule has 0 aliphatic carbocycles. The quantitative estimate of drug-likeness (QED) is 0.652. The average Bonchev–Trinajstić information content (AvgIpc) is 3.27. The maximum Gasteiger partial charge on any atom is 0.137 e. The van der Waals surface area contributed by atoms with Crippen molar-refractivity contribution in [2.75, 3.05) is 0 Å². The Hall–Kier alpha value is -3.05. The summed E-state index contributed by atoms with van der Waals surface area (Å²) in [5, 5.41) is 17.5. The Morgan fingerprint density at radius 1 is 1.08 bits per heavy atom. The molecule has 122 valence electrons. The van der Waals surface area contributed by atoms with Crippen LogP contribution in [0.25, 0.3) is 0 Å². The molecule has 0 N–H and O–H groups in total. The van der Waals surface area contributed by atoms with E-state index in [9.17, 15) is 5.26 Å². The summed E-state index contributed by atoms with van der Waals surface area (Å²) >= 11 is 0. The van der Waals surface area contributed by atoms with Gasteiger partial charge < -0.3 is 4.74 Å². The third-order valence-corrected chi connectivity index (χ3v) is 3.64. The number of ether oxygens (including phenoxy) is 1. The van der Waals surface area contributed by atoms with Gasteiger partial charge in [0.2, 0.25) is 0 Å². The van der Waals surface area contributed by atoms with Gasteiger partial charge in [0.15, 0.2) is 0 Å². The molecule has 0 saturated carbocycles. The highest BCUT2D eigenvalue weighted by atomic mass is 16.5. The van der Waals surface area contributed by atoms with E-state index in [1.165, 1.54) is 12.7 Å². The highest BCUT2D eigenvalue weighted by molar-refractivity contribution is 5.36. The second-order valence-corrected chi connectivity index (χ2v) is 5.69. The topological polar surface area (TPSA) is 94.4 Å². The number of benzene rings is 1. The van der Waals surface area contributed by atoms with Gasteiger partial charge in [0, 0.05) is 0 Å². The molecule has 0 fully saturated rings. The lowest BCUT2D eigenvalue weighted by molar-refractivity contribution is -0.0701. The first-order valence-electron chi connectivity index (χ1n) is 7.45. The molecule has 0 atom stereocenters. The number of nitrogens with zero attached hydrogens (tertiary/aromatic N) is 7. The number of aromatic nitrogens is 6. The summed E-state index contributed by atoms with van der Waals surface area (Å²) in [6.45, 7) is 3.30. The summed E-state index contributed by atoms with van der Waals surface area (Å²) < 4.78 is 9.61. The van der Waals surface area contributed by atoms with Crippen LogP contribution in [0.5, 0.6) is 0 Å². The number of hydrogen-bond acceptors (Lipinski definition) is 6. The van der Waals surface area contributed by atoms with Crippen molar-refractivity contribution in [1.82, 2.24) is 29.5 Å². The van der Waals surface area contributed by atoms with Gasteiger partial charge in [-0.3, -0.25) is 9.36 Å². The first-order chi connectivity index (χ1) is 11.7. The van der Waals surface area contributed by atoms with E-state index in [0.29, 0.717) is 25.3 Å². The van der Waals surface area contributed by atoms with E-state index in [1.807, 2.05) is 25.1 Å². The minimum Gasteiger partial charge on any atom is -0.367 e. The number of rotatable bonds is 7. The Kier molecular flexibility index (Phi) is 4.63. The van der Waals surface area contributed by atoms with Crippen molar-refractivity contribution in [3.05, 3.63) is 60.7 Å². The van der Waals surface area contributed by atoms with Gasteiger partial charge in [-0.25, -0.2) is 9.97 Å². The van der Waals surface area contributed by atoms with E-state index in [1.54, 1.807) is 28.1 Å². The molecule has 0 bridgehead atoms. The van der Waals surface area contributed by atoms with E-state index < -0.39 is 5.60 Å². The molecule has 1 aromatic carbocycles. The SMILES string of the molecule is CC(Cn1cncn1)(Cn1cncn1)OCc1ccccc1C#N. The summed E-state index contributed by atoms with van der Waals surface area (Å²) in [6.07, 6.45) is 6.26. The van der Waals surface area contributed by atoms with E-state index in [-0.39, 0.29) is 0 Å². The minimum absolute atomic E-state index is 0.323. The second-order valence-electron chi connectivity index (χ2n) is 5.69. The molecule has 0 aliphatic heterocycles. The molecule has 0 aliphatic rings. The molecule has 8 nitrogen and oxygen atoms in total. The summed E-state index contributed by atoms with van der Waals surface area (Å²) in [6, 6.07) is 9.60. The van der Waals surface area contributed by atoms with E-state index in [4.69, 9.17) is 4.74 Å². The van der Waals surface area contributed by atoms with Crippen LogP contribution < -0.4 is 0 Å². The van der Waals surface area contributed by atoms with Gasteiger partial charge in [0.1, 0.15) is 30.9 Å². The van der Waals surface area contributed by atoms with Crippen molar-refractivity contribution >= 4 is 0 Å². The van der Waals surface area contributed by atoms with Crippen molar-refractivity contribution in [1.29, 1.82) is 5.26 Å². The number of nitriles is 1. The van der Waals surface area contributed by atoms with Crippen LogP contribution in [0.15, 0.2) is 49.6 Å². The predicted molar refractivity (Wildman–Crippen MR) is 84.4 cm³/mol. The molecule has 3 rings (SSSR count). The standard InChI is InChI=1S/C16H17N7O/c1-16(8-22-12-18-10-20-22,9-23-13-19-11-21-23)24-7-15-5-3-2-4-14(15)6-17/h2-5,10-13H,7-9H2,1H3. The number of hydrogen-bond donors (Lipinski definition) is 0. The first-order valence-corrected chi connectivity index (χ1v) is 7.45. The van der Waals surface area contributed by atoms with E-state index in [2.05, 4.69) is 26.2 Å². The third kappa shape index (κ3) is 3.83. The largest absolute Gasteiger partial charge is 0.367 e. The fourth-order valence-corrected chi connectivity index (χ4v) is 2.46. The molecule has 0 radical (unpaired) electrons. The third-order valence-electron chi connectivity index (χ3n) is 3.64. The van der Waals surface area contributed by atoms with Crippen LogP contribution in [0, 0.1) is 11.3 Å². The maximum absolute atomic E-state index is 9.21. The summed E-state index contributed by atoms with van der Waals surface area (Å²) in [4.78, 5) is 7.94. The van der Waals surface area contributed by atoms with Gasteiger partial charge in [-0.2, -0.15) is 15.5 Å². The van der Waals surface area contributed by atoms with Crippen molar-refractivity contribution in [2.24, 2.45) is 0 Å². The lowest BCUT2D eigenvalue weighted by Crippen LogP contribution is -2.39. The first kappa shape index (κ1) is 15.8. The van der Waals surface area contributed by atoms with Gasteiger partial charge in [-0.05, 0) is 18.6 Å². The van der Waals surface area contributed by atoms with E-state index >= 15 is 0 Å². The Morgan fingerprint density at radius 3 is 2.25 bits per heavy atom. The minimum atomic E-state index is -0.593. The van der Waals surface area contributed by atoms with Crippen LogP contribution in [0.4, 0.5) is 0 Å². The highest BCUT2D eigenvalue weighted by Gasteiger charge is 2.28. The Balaban J connectivity index is 1.77. The summed E-state index contributed by atoms with van der Waals surface area (Å²) in [5.41, 5.74) is 0.869. The van der Waals surface area contributed by atoms with Gasteiger partial charge >= 0.3 is 0 Å². The van der Waals surface area contributed by atoms with Gasteiger partial charge in [0.05, 0.1) is 31.3 Å². The van der Waals surface area contributed by atoms with Crippen LogP contribution >= 0.6 is 0 Å². The van der Waals surface area contributed by atoms with Crippen LogP contribution in [-0.4, -0.2) is 35.1 Å². The molecule has 24 heavy (non-hydrogen) atoms. The molecular weight excluding hydrogens is 306 g/mol. The smallest absolute Gasteiger partial charge is 0.137 e. The fourth-order valence-electron chi connectivity index (χ4n) is 2.46. The van der Waals surface area contributed by atoms with Crippen LogP contribution in [0.3, 0.4) is 0 Å². The summed E-state index contributed by atoms with van der Waals surface area (Å²) in [5.74, 6) is 0. The zero-order chi connectivity index (χ0) is 16.8. The molecule has 0 unspecified atom stereocenters. The van der Waals surface area contributed by atoms with Crippen LogP contribution in [0.1, 0.15) is 18.1 Å². The molecule has 8 heteroatoms. The molecule has 2 aromatic heterocycles. The van der Waals surface area contributed by atoms with Crippen molar-refractivity contribution in [2.45, 2.75) is 32.2 Å². The normalized spacial score (nSPS) is 11.3.